The van der Waals surface area contributed by atoms with Crippen molar-refractivity contribution in [2.45, 2.75) is 53.4 Å². The molecule has 0 atom stereocenters. The number of carbonyl (C=O) groups excluding carboxylic acids is 1. The highest BCUT2D eigenvalue weighted by Crippen LogP contribution is 2.31. The monoisotopic (exact) mass is 411 g/mol. The van der Waals surface area contributed by atoms with Crippen molar-refractivity contribution >= 4 is 11.6 Å². The van der Waals surface area contributed by atoms with Crippen LogP contribution in [0.15, 0.2) is 23.0 Å². The van der Waals surface area contributed by atoms with Crippen molar-refractivity contribution in [3.05, 3.63) is 50.9 Å². The van der Waals surface area contributed by atoms with Crippen molar-refractivity contribution in [2.75, 3.05) is 18.5 Å². The molecular weight excluding hydrogens is 382 g/mol. The molecule has 1 amide bonds. The summed E-state index contributed by atoms with van der Waals surface area (Å²) >= 11 is 0. The molecule has 160 valence electrons. The van der Waals surface area contributed by atoms with Crippen molar-refractivity contribution in [2.24, 2.45) is 0 Å². The van der Waals surface area contributed by atoms with Crippen LogP contribution in [0.5, 0.6) is 11.5 Å². The second kappa shape index (κ2) is 11.1. The summed E-state index contributed by atoms with van der Waals surface area (Å²) in [6, 6.07) is 7.28. The average molecular weight is 412 g/mol. The van der Waals surface area contributed by atoms with Gasteiger partial charge in [-0.15, -0.1) is 0 Å². The van der Waals surface area contributed by atoms with Crippen LogP contribution in [0, 0.1) is 25.2 Å². The summed E-state index contributed by atoms with van der Waals surface area (Å²) in [7, 11) is 0. The SMILES string of the molecule is CCCOc1ccc(NC(=O)CCc2c(C)[nH]c(=O)c(C#N)c2C)cc1OCCC. The van der Waals surface area contributed by atoms with Gasteiger partial charge in [0.2, 0.25) is 5.91 Å². The average Bonchev–Trinajstić information content (AvgIpc) is 2.71. The predicted octanol–water partition coefficient (Wildman–Crippen LogP) is 4.01. The van der Waals surface area contributed by atoms with E-state index in [-0.39, 0.29) is 17.9 Å². The lowest BCUT2D eigenvalue weighted by Crippen LogP contribution is -2.18. The number of amides is 1. The van der Waals surface area contributed by atoms with E-state index in [2.05, 4.69) is 10.3 Å². The Bertz CT molecular complexity index is 989. The minimum Gasteiger partial charge on any atom is -0.490 e. The number of aromatic nitrogens is 1. The Kier molecular flexibility index (Phi) is 8.48. The standard InChI is InChI=1S/C23H29N3O4/c1-5-11-29-20-9-7-17(13-21(20)30-12-6-2)26-22(27)10-8-18-15(3)19(14-24)23(28)25-16(18)4/h7,9,13H,5-6,8,10-12H2,1-4H3,(H,25,28)(H,26,27). The lowest BCUT2D eigenvalue weighted by Gasteiger charge is -2.14. The quantitative estimate of drug-likeness (QED) is 0.615. The molecule has 0 saturated heterocycles. The van der Waals surface area contributed by atoms with Crippen LogP contribution in [-0.4, -0.2) is 24.1 Å². The summed E-state index contributed by atoms with van der Waals surface area (Å²) in [5.74, 6) is 1.10. The number of hydrogen-bond donors (Lipinski definition) is 2. The molecule has 2 aromatic rings. The van der Waals surface area contributed by atoms with Crippen molar-refractivity contribution in [3.63, 3.8) is 0 Å². The zero-order chi connectivity index (χ0) is 22.1. The molecule has 0 unspecified atom stereocenters. The largest absolute Gasteiger partial charge is 0.490 e. The van der Waals surface area contributed by atoms with Gasteiger partial charge in [-0.2, -0.15) is 5.26 Å². The summed E-state index contributed by atoms with van der Waals surface area (Å²) in [4.78, 5) is 27.0. The van der Waals surface area contributed by atoms with Gasteiger partial charge in [0.25, 0.3) is 5.56 Å². The van der Waals surface area contributed by atoms with Crippen LogP contribution in [0.1, 0.15) is 55.5 Å². The number of hydrogen-bond acceptors (Lipinski definition) is 5. The van der Waals surface area contributed by atoms with Crippen molar-refractivity contribution in [3.8, 4) is 17.6 Å². The number of H-pyrrole nitrogens is 1. The highest BCUT2D eigenvalue weighted by Gasteiger charge is 2.14. The number of ether oxygens (including phenoxy) is 2. The van der Waals surface area contributed by atoms with Gasteiger partial charge in [0.1, 0.15) is 11.6 Å². The number of carbonyl (C=O) groups is 1. The Labute approximate surface area is 177 Å². The Balaban J connectivity index is 2.10. The maximum Gasteiger partial charge on any atom is 0.266 e. The van der Waals surface area contributed by atoms with Gasteiger partial charge in [0.15, 0.2) is 11.5 Å². The van der Waals surface area contributed by atoms with Crippen LogP contribution < -0.4 is 20.3 Å². The maximum absolute atomic E-state index is 12.5. The highest BCUT2D eigenvalue weighted by atomic mass is 16.5. The second-order valence-electron chi connectivity index (χ2n) is 7.08. The smallest absolute Gasteiger partial charge is 0.266 e. The summed E-state index contributed by atoms with van der Waals surface area (Å²) in [5, 5.41) is 12.1. The minimum absolute atomic E-state index is 0.0939. The molecule has 7 heteroatoms. The van der Waals surface area contributed by atoms with E-state index in [1.165, 1.54) is 0 Å². The first-order valence-electron chi connectivity index (χ1n) is 10.2. The molecule has 0 aliphatic rings. The van der Waals surface area contributed by atoms with E-state index in [1.807, 2.05) is 19.9 Å². The number of anilines is 1. The molecule has 0 bridgehead atoms. The second-order valence-corrected chi connectivity index (χ2v) is 7.08. The van der Waals surface area contributed by atoms with E-state index in [0.717, 1.165) is 18.4 Å². The van der Waals surface area contributed by atoms with E-state index < -0.39 is 5.56 Å². The van der Waals surface area contributed by atoms with Gasteiger partial charge >= 0.3 is 0 Å². The first-order valence-corrected chi connectivity index (χ1v) is 10.2. The molecule has 7 nitrogen and oxygen atoms in total. The number of nitriles is 1. The minimum atomic E-state index is -0.398. The van der Waals surface area contributed by atoms with E-state index >= 15 is 0 Å². The molecule has 1 aromatic carbocycles. The molecule has 2 rings (SSSR count). The van der Waals surface area contributed by atoms with Gasteiger partial charge in [-0.3, -0.25) is 9.59 Å². The molecule has 0 spiro atoms. The topological polar surface area (TPSA) is 104 Å². The molecule has 0 radical (unpaired) electrons. The molecule has 0 aliphatic carbocycles. The van der Waals surface area contributed by atoms with Gasteiger partial charge in [0, 0.05) is 23.9 Å². The Morgan fingerprint density at radius 1 is 1.13 bits per heavy atom. The summed E-state index contributed by atoms with van der Waals surface area (Å²) < 4.78 is 11.5. The molecule has 2 N–H and O–H groups in total. The van der Waals surface area contributed by atoms with Crippen LogP contribution in [0.3, 0.4) is 0 Å². The Hall–Kier alpha value is -3.27. The van der Waals surface area contributed by atoms with Crippen molar-refractivity contribution in [1.29, 1.82) is 5.26 Å². The van der Waals surface area contributed by atoms with Crippen LogP contribution in [0.4, 0.5) is 5.69 Å². The molecule has 0 fully saturated rings. The normalized spacial score (nSPS) is 10.4. The van der Waals surface area contributed by atoms with Crippen molar-refractivity contribution < 1.29 is 14.3 Å². The van der Waals surface area contributed by atoms with E-state index in [1.54, 1.807) is 32.0 Å². The Morgan fingerprint density at radius 2 is 1.80 bits per heavy atom. The molecule has 0 aliphatic heterocycles. The Morgan fingerprint density at radius 3 is 2.43 bits per heavy atom. The number of nitrogens with one attached hydrogen (secondary N) is 2. The number of pyridine rings is 1. The molecule has 1 aromatic heterocycles. The predicted molar refractivity (Wildman–Crippen MR) is 116 cm³/mol. The summed E-state index contributed by atoms with van der Waals surface area (Å²) in [6.45, 7) is 8.72. The third kappa shape index (κ3) is 5.86. The number of benzene rings is 1. The van der Waals surface area contributed by atoms with Crippen LogP contribution in [0.2, 0.25) is 0 Å². The lowest BCUT2D eigenvalue weighted by molar-refractivity contribution is -0.116. The zero-order valence-corrected chi connectivity index (χ0v) is 18.1. The third-order valence-corrected chi connectivity index (χ3v) is 4.67. The number of rotatable bonds is 10. The van der Waals surface area contributed by atoms with E-state index in [9.17, 15) is 14.9 Å². The van der Waals surface area contributed by atoms with Gasteiger partial charge in [0.05, 0.1) is 13.2 Å². The molecule has 30 heavy (non-hydrogen) atoms. The molecule has 0 saturated carbocycles. The maximum atomic E-state index is 12.5. The number of aryl methyl sites for hydroxylation is 1. The fourth-order valence-electron chi connectivity index (χ4n) is 3.12. The molecule has 1 heterocycles. The number of aromatic amines is 1. The van der Waals surface area contributed by atoms with Crippen LogP contribution in [-0.2, 0) is 11.2 Å². The van der Waals surface area contributed by atoms with Gasteiger partial charge < -0.3 is 19.8 Å². The summed E-state index contributed by atoms with van der Waals surface area (Å²) in [5.41, 5.74) is 2.44. The van der Waals surface area contributed by atoms with Gasteiger partial charge in [-0.1, -0.05) is 13.8 Å². The van der Waals surface area contributed by atoms with Crippen LogP contribution in [0.25, 0.3) is 0 Å². The number of nitrogens with zero attached hydrogens (tertiary/aromatic N) is 1. The first kappa shape index (κ1) is 23.0. The van der Waals surface area contributed by atoms with Crippen molar-refractivity contribution in [1.82, 2.24) is 4.98 Å². The van der Waals surface area contributed by atoms with E-state index in [4.69, 9.17) is 9.47 Å². The zero-order valence-electron chi connectivity index (χ0n) is 18.1. The fraction of sp³-hybridized carbons (Fsp3) is 0.435. The van der Waals surface area contributed by atoms with E-state index in [0.29, 0.717) is 48.1 Å². The first-order chi connectivity index (χ1) is 14.4. The van der Waals surface area contributed by atoms with Gasteiger partial charge in [-0.25, -0.2) is 0 Å². The lowest BCUT2D eigenvalue weighted by atomic mass is 9.99. The molecular formula is C23H29N3O4. The fourth-order valence-corrected chi connectivity index (χ4v) is 3.12. The highest BCUT2D eigenvalue weighted by molar-refractivity contribution is 5.91. The van der Waals surface area contributed by atoms with Gasteiger partial charge in [-0.05, 0) is 56.4 Å². The summed E-state index contributed by atoms with van der Waals surface area (Å²) in [6.07, 6.45) is 2.40. The third-order valence-electron chi connectivity index (χ3n) is 4.67. The van der Waals surface area contributed by atoms with Crippen LogP contribution >= 0.6 is 0 Å².